The Bertz CT molecular complexity index is 1850. The van der Waals surface area contributed by atoms with Gasteiger partial charge in [-0.1, -0.05) is 121 Å². The molecule has 1 heterocycles. The summed E-state index contributed by atoms with van der Waals surface area (Å²) in [5, 5.41) is 32.1. The second-order valence-corrected chi connectivity index (χ2v) is 14.3. The highest BCUT2D eigenvalue weighted by Gasteiger charge is 2.38. The van der Waals surface area contributed by atoms with Gasteiger partial charge in [0.15, 0.2) is 0 Å². The third-order valence-electron chi connectivity index (χ3n) is 10.1. The molecule has 0 aromatic heterocycles. The number of benzene rings is 4. The largest absolute Gasteiger partial charge is 0.480 e. The molecule has 0 saturated carbocycles. The van der Waals surface area contributed by atoms with Gasteiger partial charge in [-0.05, 0) is 22.3 Å². The van der Waals surface area contributed by atoms with Gasteiger partial charge in [-0.2, -0.15) is 0 Å². The molecule has 58 heavy (non-hydrogen) atoms. The molecule has 5 rings (SSSR count). The van der Waals surface area contributed by atoms with Crippen LogP contribution >= 0.6 is 0 Å². The van der Waals surface area contributed by atoms with Crippen LogP contribution in [0.3, 0.4) is 0 Å². The molecule has 1 atom stereocenters. The summed E-state index contributed by atoms with van der Waals surface area (Å²) in [6, 6.07) is 36.0. The van der Waals surface area contributed by atoms with E-state index in [4.69, 9.17) is 0 Å². The van der Waals surface area contributed by atoms with Crippen molar-refractivity contribution in [3.8, 4) is 0 Å². The molecule has 1 fully saturated rings. The Hall–Kier alpha value is -5.93. The summed E-state index contributed by atoms with van der Waals surface area (Å²) in [5.41, 5.74) is 3.08. The van der Waals surface area contributed by atoms with Gasteiger partial charge in [0.1, 0.15) is 6.04 Å². The third kappa shape index (κ3) is 13.3. The smallest absolute Gasteiger partial charge is 0.317 e. The molecule has 14 nitrogen and oxygen atoms in total. The van der Waals surface area contributed by atoms with Crippen LogP contribution in [0.2, 0.25) is 0 Å². The van der Waals surface area contributed by atoms with Crippen molar-refractivity contribution in [2.45, 2.75) is 18.6 Å². The SMILES string of the molecule is O=C(O)CN1CCN(CC(=O)O)CCN(CC(=O)N(C(C(=O)NCc2ccccc2)c2ccccc2)C(c2ccccc2)c2ccccc2)CCN(CC(=O)O)CC1. The first-order valence-electron chi connectivity index (χ1n) is 19.4. The number of aliphatic carboxylic acids is 3. The molecule has 0 radical (unpaired) electrons. The van der Waals surface area contributed by atoms with Gasteiger partial charge in [-0.3, -0.25) is 43.6 Å². The lowest BCUT2D eigenvalue weighted by atomic mass is 9.93. The van der Waals surface area contributed by atoms with Gasteiger partial charge < -0.3 is 25.5 Å². The average molecular weight is 793 g/mol. The van der Waals surface area contributed by atoms with E-state index in [-0.39, 0.29) is 96.9 Å². The minimum atomic E-state index is -1.08. The summed E-state index contributed by atoms with van der Waals surface area (Å²) >= 11 is 0. The molecule has 0 spiro atoms. The fourth-order valence-electron chi connectivity index (χ4n) is 7.23. The molecule has 4 aromatic carbocycles. The van der Waals surface area contributed by atoms with E-state index >= 15 is 4.79 Å². The lowest BCUT2D eigenvalue weighted by molar-refractivity contribution is -0.144. The lowest BCUT2D eigenvalue weighted by Crippen LogP contribution is -2.52. The highest BCUT2D eigenvalue weighted by molar-refractivity contribution is 5.90. The van der Waals surface area contributed by atoms with Crippen molar-refractivity contribution < 1.29 is 39.3 Å². The lowest BCUT2D eigenvalue weighted by Gasteiger charge is -2.40. The van der Waals surface area contributed by atoms with Crippen molar-refractivity contribution in [3.63, 3.8) is 0 Å². The first-order valence-corrected chi connectivity index (χ1v) is 19.4. The highest BCUT2D eigenvalue weighted by atomic mass is 16.4. The van der Waals surface area contributed by atoms with Crippen molar-refractivity contribution in [2.75, 3.05) is 78.5 Å². The number of hydrogen-bond donors (Lipinski definition) is 4. The van der Waals surface area contributed by atoms with Crippen LogP contribution in [0.5, 0.6) is 0 Å². The standard InChI is InChI=1S/C44H52N6O8/c51-38(30-46-21-23-47(31-39(52)53)25-27-49(33-41(56)57)28-26-48(24-22-46)32-40(54)55)50(42(35-15-7-2-8-16-35)36-17-9-3-10-18-36)43(37-19-11-4-12-20-37)44(58)45-29-34-13-5-1-6-14-34/h1-20,42-43H,21-33H2,(H,45,58)(H,52,53)(H,54,55)(H,56,57). The van der Waals surface area contributed by atoms with E-state index in [0.29, 0.717) is 5.56 Å². The number of nitrogens with one attached hydrogen (secondary N) is 1. The minimum Gasteiger partial charge on any atom is -0.480 e. The maximum Gasteiger partial charge on any atom is 0.317 e. The zero-order valence-corrected chi connectivity index (χ0v) is 32.5. The summed E-state index contributed by atoms with van der Waals surface area (Å²) in [4.78, 5) is 74.2. The van der Waals surface area contributed by atoms with Crippen molar-refractivity contribution in [1.29, 1.82) is 0 Å². The van der Waals surface area contributed by atoms with Crippen LogP contribution in [0.15, 0.2) is 121 Å². The molecule has 1 aliphatic rings. The normalized spacial score (nSPS) is 15.7. The summed E-state index contributed by atoms with van der Waals surface area (Å²) in [5.74, 6) is -3.86. The zero-order valence-electron chi connectivity index (χ0n) is 32.5. The number of carboxylic acids is 3. The Kier molecular flexibility index (Phi) is 16.5. The van der Waals surface area contributed by atoms with Gasteiger partial charge in [0.2, 0.25) is 11.8 Å². The predicted octanol–water partition coefficient (Wildman–Crippen LogP) is 3.14. The molecule has 14 heteroatoms. The number of rotatable bonds is 16. The molecule has 1 saturated heterocycles. The van der Waals surface area contributed by atoms with Gasteiger partial charge in [0.05, 0.1) is 32.2 Å². The van der Waals surface area contributed by atoms with E-state index in [2.05, 4.69) is 5.32 Å². The molecule has 4 aromatic rings. The summed E-state index contributed by atoms with van der Waals surface area (Å²) < 4.78 is 0. The molecule has 1 unspecified atom stereocenters. The van der Waals surface area contributed by atoms with Gasteiger partial charge in [0, 0.05) is 58.9 Å². The molecule has 0 bridgehead atoms. The van der Waals surface area contributed by atoms with Crippen molar-refractivity contribution in [1.82, 2.24) is 29.8 Å². The summed E-state index contributed by atoms with van der Waals surface area (Å²) in [6.07, 6.45) is 0. The van der Waals surface area contributed by atoms with E-state index < -0.39 is 30.0 Å². The fourth-order valence-corrected chi connectivity index (χ4v) is 7.23. The van der Waals surface area contributed by atoms with E-state index in [1.807, 2.05) is 126 Å². The Balaban J connectivity index is 1.55. The second-order valence-electron chi connectivity index (χ2n) is 14.3. The number of carbonyl (C=O) groups is 5. The van der Waals surface area contributed by atoms with Crippen molar-refractivity contribution in [3.05, 3.63) is 144 Å². The molecular formula is C44H52N6O8. The van der Waals surface area contributed by atoms with Crippen LogP contribution in [0.4, 0.5) is 0 Å². The van der Waals surface area contributed by atoms with Crippen LogP contribution in [0.25, 0.3) is 0 Å². The molecule has 306 valence electrons. The topological polar surface area (TPSA) is 174 Å². The highest BCUT2D eigenvalue weighted by Crippen LogP contribution is 2.36. The van der Waals surface area contributed by atoms with Gasteiger partial charge in [0.25, 0.3) is 0 Å². The summed E-state index contributed by atoms with van der Waals surface area (Å²) in [7, 11) is 0. The van der Waals surface area contributed by atoms with Gasteiger partial charge in [-0.15, -0.1) is 0 Å². The van der Waals surface area contributed by atoms with Crippen molar-refractivity contribution >= 4 is 29.7 Å². The van der Waals surface area contributed by atoms with Crippen LogP contribution in [-0.2, 0) is 30.5 Å². The monoisotopic (exact) mass is 792 g/mol. The Labute approximate surface area is 338 Å². The number of nitrogens with zero attached hydrogens (tertiary/aromatic N) is 5. The number of amides is 2. The quantitative estimate of drug-likeness (QED) is 0.131. The zero-order chi connectivity index (χ0) is 41.3. The minimum absolute atomic E-state index is 0.168. The van der Waals surface area contributed by atoms with Crippen molar-refractivity contribution in [2.24, 2.45) is 0 Å². The van der Waals surface area contributed by atoms with Crippen LogP contribution in [-0.4, -0.2) is 148 Å². The maximum absolute atomic E-state index is 15.4. The van der Waals surface area contributed by atoms with Crippen LogP contribution < -0.4 is 5.32 Å². The maximum atomic E-state index is 15.4. The molecule has 4 N–H and O–H groups in total. The molecule has 2 amide bonds. The van der Waals surface area contributed by atoms with E-state index in [1.54, 1.807) is 19.6 Å². The Morgan fingerprint density at radius 3 is 1.17 bits per heavy atom. The Morgan fingerprint density at radius 2 is 0.810 bits per heavy atom. The number of carbonyl (C=O) groups excluding carboxylic acids is 2. The van der Waals surface area contributed by atoms with E-state index in [1.165, 1.54) is 0 Å². The molecule has 0 aliphatic carbocycles. The third-order valence-corrected chi connectivity index (χ3v) is 10.1. The molecular weight excluding hydrogens is 741 g/mol. The number of carboxylic acid groups (broad SMARTS) is 3. The van der Waals surface area contributed by atoms with E-state index in [9.17, 15) is 34.5 Å². The van der Waals surface area contributed by atoms with Crippen LogP contribution in [0, 0.1) is 0 Å². The first-order chi connectivity index (χ1) is 28.1. The predicted molar refractivity (Wildman–Crippen MR) is 218 cm³/mol. The second kappa shape index (κ2) is 22.1. The number of hydrogen-bond acceptors (Lipinski definition) is 9. The first kappa shape index (κ1) is 43.2. The Morgan fingerprint density at radius 1 is 0.483 bits per heavy atom. The van der Waals surface area contributed by atoms with Crippen LogP contribution in [0.1, 0.15) is 34.3 Å². The average Bonchev–Trinajstić information content (AvgIpc) is 3.21. The van der Waals surface area contributed by atoms with E-state index in [0.717, 1.165) is 16.7 Å². The van der Waals surface area contributed by atoms with Gasteiger partial charge in [-0.25, -0.2) is 0 Å². The summed E-state index contributed by atoms with van der Waals surface area (Å²) in [6.45, 7) is 1.16. The fraction of sp³-hybridized carbons (Fsp3) is 0.341. The van der Waals surface area contributed by atoms with Gasteiger partial charge >= 0.3 is 17.9 Å². The molecule has 1 aliphatic heterocycles.